The van der Waals surface area contributed by atoms with E-state index < -0.39 is 0 Å². The van der Waals surface area contributed by atoms with Crippen LogP contribution in [-0.4, -0.2) is 13.6 Å². The maximum atomic E-state index is 8.49. The Morgan fingerprint density at radius 1 is 1.46 bits per heavy atom. The highest BCUT2D eigenvalue weighted by Crippen LogP contribution is 2.27. The SMILES string of the molecule is CN(CC#N)c1cc(Cl)ccc1Cl. The Morgan fingerprint density at radius 3 is 2.77 bits per heavy atom. The quantitative estimate of drug-likeness (QED) is 0.709. The van der Waals surface area contributed by atoms with Crippen LogP contribution in [0.5, 0.6) is 0 Å². The first kappa shape index (κ1) is 10.2. The van der Waals surface area contributed by atoms with Gasteiger partial charge in [-0.3, -0.25) is 0 Å². The van der Waals surface area contributed by atoms with E-state index in [0.29, 0.717) is 16.6 Å². The van der Waals surface area contributed by atoms with Crippen molar-refractivity contribution in [2.75, 3.05) is 18.5 Å². The zero-order valence-electron chi connectivity index (χ0n) is 7.09. The van der Waals surface area contributed by atoms with Crippen LogP contribution in [0.2, 0.25) is 10.0 Å². The van der Waals surface area contributed by atoms with Crippen LogP contribution in [0.3, 0.4) is 0 Å². The maximum absolute atomic E-state index is 8.49. The molecule has 13 heavy (non-hydrogen) atoms. The van der Waals surface area contributed by atoms with Gasteiger partial charge in [0.05, 0.1) is 16.8 Å². The van der Waals surface area contributed by atoms with Crippen molar-refractivity contribution < 1.29 is 0 Å². The van der Waals surface area contributed by atoms with Gasteiger partial charge < -0.3 is 4.90 Å². The third kappa shape index (κ3) is 2.51. The van der Waals surface area contributed by atoms with Crippen molar-refractivity contribution in [3.8, 4) is 6.07 Å². The first-order valence-electron chi connectivity index (χ1n) is 3.68. The molecule has 0 aromatic heterocycles. The molecule has 4 heteroatoms. The number of halogens is 2. The van der Waals surface area contributed by atoms with Gasteiger partial charge in [-0.05, 0) is 18.2 Å². The molecular formula is C9H8Cl2N2. The summed E-state index contributed by atoms with van der Waals surface area (Å²) in [5.41, 5.74) is 0.774. The zero-order chi connectivity index (χ0) is 9.84. The predicted octanol–water partition coefficient (Wildman–Crippen LogP) is 2.95. The molecule has 1 rings (SSSR count). The number of rotatable bonds is 2. The Kier molecular flexibility index (Phi) is 3.41. The second kappa shape index (κ2) is 4.36. The van der Waals surface area contributed by atoms with E-state index >= 15 is 0 Å². The molecule has 0 atom stereocenters. The van der Waals surface area contributed by atoms with Gasteiger partial charge in [0, 0.05) is 12.1 Å². The average Bonchev–Trinajstić information content (AvgIpc) is 2.09. The second-order valence-electron chi connectivity index (χ2n) is 2.61. The molecule has 0 radical (unpaired) electrons. The maximum Gasteiger partial charge on any atom is 0.105 e. The van der Waals surface area contributed by atoms with Crippen LogP contribution >= 0.6 is 23.2 Å². The fraction of sp³-hybridized carbons (Fsp3) is 0.222. The molecule has 2 nitrogen and oxygen atoms in total. The molecule has 0 bridgehead atoms. The van der Waals surface area contributed by atoms with Crippen LogP contribution in [0.4, 0.5) is 5.69 Å². The fourth-order valence-corrected chi connectivity index (χ4v) is 1.40. The van der Waals surface area contributed by atoms with E-state index in [1.807, 2.05) is 6.07 Å². The number of nitrogens with zero attached hydrogens (tertiary/aromatic N) is 2. The first-order valence-corrected chi connectivity index (χ1v) is 4.44. The fourth-order valence-electron chi connectivity index (χ4n) is 0.970. The molecule has 0 spiro atoms. The lowest BCUT2D eigenvalue weighted by Crippen LogP contribution is -2.17. The van der Waals surface area contributed by atoms with Crippen molar-refractivity contribution in [1.82, 2.24) is 0 Å². The molecule has 0 saturated carbocycles. The molecule has 0 N–H and O–H groups in total. The summed E-state index contributed by atoms with van der Waals surface area (Å²) >= 11 is 11.7. The minimum Gasteiger partial charge on any atom is -0.360 e. The van der Waals surface area contributed by atoms with Crippen LogP contribution in [0.1, 0.15) is 0 Å². The monoisotopic (exact) mass is 214 g/mol. The van der Waals surface area contributed by atoms with Crippen molar-refractivity contribution >= 4 is 28.9 Å². The van der Waals surface area contributed by atoms with Gasteiger partial charge in [0.1, 0.15) is 6.54 Å². The third-order valence-electron chi connectivity index (χ3n) is 1.63. The summed E-state index contributed by atoms with van der Waals surface area (Å²) < 4.78 is 0. The van der Waals surface area contributed by atoms with Gasteiger partial charge in [0.25, 0.3) is 0 Å². The van der Waals surface area contributed by atoms with E-state index in [9.17, 15) is 0 Å². The number of hydrogen-bond acceptors (Lipinski definition) is 2. The molecule has 0 heterocycles. The molecule has 68 valence electrons. The van der Waals surface area contributed by atoms with Gasteiger partial charge in [-0.1, -0.05) is 23.2 Å². The Hall–Kier alpha value is -0.910. The van der Waals surface area contributed by atoms with Crippen molar-refractivity contribution in [3.63, 3.8) is 0 Å². The summed E-state index contributed by atoms with van der Waals surface area (Å²) in [6.45, 7) is 0.292. The lowest BCUT2D eigenvalue weighted by molar-refractivity contribution is 1.04. The van der Waals surface area contributed by atoms with Crippen molar-refractivity contribution in [2.24, 2.45) is 0 Å². The van der Waals surface area contributed by atoms with Crippen LogP contribution in [0.25, 0.3) is 0 Å². The minimum atomic E-state index is 0.292. The first-order chi connectivity index (χ1) is 6.15. The van der Waals surface area contributed by atoms with Crippen LogP contribution in [0, 0.1) is 11.3 Å². The molecule has 0 fully saturated rings. The molecule has 1 aromatic rings. The molecule has 0 aliphatic carbocycles. The summed E-state index contributed by atoms with van der Waals surface area (Å²) in [6.07, 6.45) is 0. The topological polar surface area (TPSA) is 27.0 Å². The van der Waals surface area contributed by atoms with E-state index in [2.05, 4.69) is 0 Å². The van der Waals surface area contributed by atoms with Gasteiger partial charge in [-0.15, -0.1) is 0 Å². The lowest BCUT2D eigenvalue weighted by atomic mass is 10.3. The van der Waals surface area contributed by atoms with Crippen molar-refractivity contribution in [2.45, 2.75) is 0 Å². The molecule has 1 aromatic carbocycles. The number of benzene rings is 1. The second-order valence-corrected chi connectivity index (χ2v) is 3.45. The van der Waals surface area contributed by atoms with Gasteiger partial charge in [-0.25, -0.2) is 0 Å². The molecule has 0 aliphatic heterocycles. The Bertz CT molecular complexity index is 344. The summed E-state index contributed by atoms with van der Waals surface area (Å²) in [5, 5.41) is 9.70. The molecule has 0 saturated heterocycles. The highest BCUT2D eigenvalue weighted by Gasteiger charge is 2.05. The normalized spacial score (nSPS) is 9.38. The van der Waals surface area contributed by atoms with Crippen molar-refractivity contribution in [1.29, 1.82) is 5.26 Å². The van der Waals surface area contributed by atoms with E-state index in [0.717, 1.165) is 5.69 Å². The van der Waals surface area contributed by atoms with Crippen LogP contribution in [0.15, 0.2) is 18.2 Å². The van der Waals surface area contributed by atoms with Gasteiger partial charge >= 0.3 is 0 Å². The van der Waals surface area contributed by atoms with Crippen LogP contribution < -0.4 is 4.90 Å². The molecule has 0 unspecified atom stereocenters. The van der Waals surface area contributed by atoms with Gasteiger partial charge in [0.15, 0.2) is 0 Å². The smallest absolute Gasteiger partial charge is 0.105 e. The largest absolute Gasteiger partial charge is 0.360 e. The summed E-state index contributed by atoms with van der Waals surface area (Å²) in [4.78, 5) is 1.74. The lowest BCUT2D eigenvalue weighted by Gasteiger charge is -2.16. The third-order valence-corrected chi connectivity index (χ3v) is 2.18. The standard InChI is InChI=1S/C9H8Cl2N2/c1-13(5-4-12)9-6-7(10)2-3-8(9)11/h2-3,6H,5H2,1H3. The zero-order valence-corrected chi connectivity index (χ0v) is 8.60. The van der Waals surface area contributed by atoms with E-state index in [4.69, 9.17) is 28.5 Å². The Morgan fingerprint density at radius 2 is 2.15 bits per heavy atom. The Balaban J connectivity index is 3.00. The number of nitriles is 1. The van der Waals surface area contributed by atoms with E-state index in [-0.39, 0.29) is 0 Å². The van der Waals surface area contributed by atoms with Gasteiger partial charge in [-0.2, -0.15) is 5.26 Å². The van der Waals surface area contributed by atoms with Crippen molar-refractivity contribution in [3.05, 3.63) is 28.2 Å². The van der Waals surface area contributed by atoms with E-state index in [1.54, 1.807) is 30.1 Å². The highest BCUT2D eigenvalue weighted by molar-refractivity contribution is 6.35. The molecule has 0 aliphatic rings. The summed E-state index contributed by atoms with van der Waals surface area (Å²) in [7, 11) is 1.79. The summed E-state index contributed by atoms with van der Waals surface area (Å²) in [6, 6.07) is 7.21. The number of hydrogen-bond donors (Lipinski definition) is 0. The van der Waals surface area contributed by atoms with Gasteiger partial charge in [0.2, 0.25) is 0 Å². The van der Waals surface area contributed by atoms with Crippen LogP contribution in [-0.2, 0) is 0 Å². The average molecular weight is 215 g/mol. The predicted molar refractivity (Wildman–Crippen MR) is 55.3 cm³/mol. The number of anilines is 1. The minimum absolute atomic E-state index is 0.292. The molecular weight excluding hydrogens is 207 g/mol. The molecule has 0 amide bonds. The summed E-state index contributed by atoms with van der Waals surface area (Å²) in [5.74, 6) is 0. The Labute approximate surface area is 87.3 Å². The highest BCUT2D eigenvalue weighted by atomic mass is 35.5. The van der Waals surface area contributed by atoms with E-state index in [1.165, 1.54) is 0 Å².